The number of hydrogen-bond acceptors (Lipinski definition) is 15. The number of unbranched alkanes of at least 4 members (excludes halogenated alkanes) is 62. The maximum absolute atomic E-state index is 13.1. The number of phosphoric acid groups is 2. The molecule has 2 unspecified atom stereocenters. The first-order chi connectivity index (χ1) is 51.7. The van der Waals surface area contributed by atoms with Gasteiger partial charge < -0.3 is 33.8 Å². The van der Waals surface area contributed by atoms with Crippen LogP contribution < -0.4 is 0 Å². The Morgan fingerprint density at radius 1 is 0.226 bits per heavy atom. The summed E-state index contributed by atoms with van der Waals surface area (Å²) in [6.45, 7) is 5.05. The van der Waals surface area contributed by atoms with Crippen molar-refractivity contribution in [3.63, 3.8) is 0 Å². The van der Waals surface area contributed by atoms with Gasteiger partial charge in [0.25, 0.3) is 0 Å². The molecule has 0 aliphatic carbocycles. The summed E-state index contributed by atoms with van der Waals surface area (Å²) in [6.07, 6.45) is 76.5. The molecule has 0 bridgehead atoms. The minimum atomic E-state index is -4.96. The monoisotopic (exact) mass is 1550 g/mol. The predicted octanol–water partition coefficient (Wildman–Crippen LogP) is 26.9. The third-order valence-electron chi connectivity index (χ3n) is 20.6. The van der Waals surface area contributed by atoms with Crippen molar-refractivity contribution >= 4 is 39.5 Å². The van der Waals surface area contributed by atoms with Crippen LogP contribution in [0, 0.1) is 0 Å². The van der Waals surface area contributed by atoms with Crippen molar-refractivity contribution in [2.45, 2.75) is 495 Å². The van der Waals surface area contributed by atoms with Gasteiger partial charge in [0.1, 0.15) is 19.3 Å². The van der Waals surface area contributed by atoms with Crippen LogP contribution in [0.5, 0.6) is 0 Å². The molecule has 0 fully saturated rings. The van der Waals surface area contributed by atoms with Crippen LogP contribution >= 0.6 is 15.6 Å². The van der Waals surface area contributed by atoms with Gasteiger partial charge in [0.05, 0.1) is 26.4 Å². The Hall–Kier alpha value is -1.94. The van der Waals surface area contributed by atoms with E-state index in [1.165, 1.54) is 308 Å². The van der Waals surface area contributed by atoms with E-state index in [2.05, 4.69) is 27.7 Å². The fraction of sp³-hybridized carbons (Fsp3) is 0.954. The Morgan fingerprint density at radius 3 is 0.557 bits per heavy atom. The summed E-state index contributed by atoms with van der Waals surface area (Å²) in [5.74, 6) is -2.10. The van der Waals surface area contributed by atoms with Gasteiger partial charge in [-0.25, -0.2) is 9.13 Å². The molecule has 0 saturated heterocycles. The molecule has 630 valence electrons. The number of aliphatic hydroxyl groups is 1. The molecule has 0 aromatic heterocycles. The molecule has 0 aromatic rings. The molecule has 0 spiro atoms. The van der Waals surface area contributed by atoms with Crippen LogP contribution in [0.25, 0.3) is 0 Å². The number of carbonyl (C=O) groups excluding carboxylic acids is 4. The van der Waals surface area contributed by atoms with E-state index in [0.717, 1.165) is 89.9 Å². The zero-order chi connectivity index (χ0) is 77.4. The molecule has 0 saturated carbocycles. The zero-order valence-electron chi connectivity index (χ0n) is 69.4. The van der Waals surface area contributed by atoms with E-state index in [-0.39, 0.29) is 25.7 Å². The average molecular weight is 1550 g/mol. The Kier molecular flexibility index (Phi) is 79.6. The molecular weight excluding hydrogens is 1380 g/mol. The molecule has 5 atom stereocenters. The van der Waals surface area contributed by atoms with Gasteiger partial charge in [0.15, 0.2) is 12.2 Å². The molecule has 0 aromatic carbocycles. The van der Waals surface area contributed by atoms with E-state index < -0.39 is 97.5 Å². The van der Waals surface area contributed by atoms with Crippen molar-refractivity contribution < 1.29 is 80.2 Å². The topological polar surface area (TPSA) is 237 Å². The molecule has 106 heavy (non-hydrogen) atoms. The van der Waals surface area contributed by atoms with Crippen LogP contribution in [0.15, 0.2) is 0 Å². The summed E-state index contributed by atoms with van der Waals surface area (Å²) in [7, 11) is -9.92. The van der Waals surface area contributed by atoms with Crippen LogP contribution in [-0.4, -0.2) is 96.7 Å². The number of ether oxygens (including phenoxy) is 4. The lowest BCUT2D eigenvalue weighted by molar-refractivity contribution is -0.161. The van der Waals surface area contributed by atoms with Crippen molar-refractivity contribution in [2.24, 2.45) is 0 Å². The molecule has 3 N–H and O–H groups in total. The Balaban J connectivity index is 5.20. The highest BCUT2D eigenvalue weighted by molar-refractivity contribution is 7.47. The third kappa shape index (κ3) is 80.1. The molecule has 0 amide bonds. The summed E-state index contributed by atoms with van der Waals surface area (Å²) >= 11 is 0. The lowest BCUT2D eigenvalue weighted by atomic mass is 10.0. The van der Waals surface area contributed by atoms with Crippen molar-refractivity contribution in [1.82, 2.24) is 0 Å². The van der Waals surface area contributed by atoms with Crippen molar-refractivity contribution in [1.29, 1.82) is 0 Å². The van der Waals surface area contributed by atoms with Gasteiger partial charge in [0, 0.05) is 25.7 Å². The Morgan fingerprint density at radius 2 is 0.377 bits per heavy atom. The standard InChI is InChI=1S/C87H170O17P2/c1-5-9-13-17-21-25-28-31-34-37-40-43-46-49-52-56-60-64-68-72-85(90)98-78-83(104-87(92)74-70-66-62-58-54-51-48-45-42-39-36-33-30-27-23-19-15-11-7-3)80-102-106(95,96)100-76-81(88)75-99-105(93,94)101-79-82(77-97-84(89)71-67-63-59-55-24-20-16-12-8-4)103-86(91)73-69-65-61-57-53-50-47-44-41-38-35-32-29-26-22-18-14-10-6-2/h81-83,88H,5-80H2,1-4H3,(H,93,94)(H,95,96)/t81-,82+,83+/m0/s1. The second-order valence-corrected chi connectivity index (χ2v) is 34.2. The molecule has 0 aliphatic rings. The van der Waals surface area contributed by atoms with Gasteiger partial charge in [-0.1, -0.05) is 426 Å². The molecule has 0 rings (SSSR count). The second kappa shape index (κ2) is 81.1. The van der Waals surface area contributed by atoms with Gasteiger partial charge in [-0.3, -0.25) is 37.3 Å². The molecule has 0 heterocycles. The van der Waals surface area contributed by atoms with Gasteiger partial charge in [-0.05, 0) is 25.7 Å². The lowest BCUT2D eigenvalue weighted by Gasteiger charge is -2.21. The third-order valence-corrected chi connectivity index (χ3v) is 22.5. The lowest BCUT2D eigenvalue weighted by Crippen LogP contribution is -2.30. The van der Waals surface area contributed by atoms with E-state index in [0.29, 0.717) is 25.7 Å². The van der Waals surface area contributed by atoms with Gasteiger partial charge >= 0.3 is 39.5 Å². The number of esters is 4. The van der Waals surface area contributed by atoms with Crippen molar-refractivity contribution in [3.8, 4) is 0 Å². The first-order valence-electron chi connectivity index (χ1n) is 45.3. The van der Waals surface area contributed by atoms with Crippen LogP contribution in [0.2, 0.25) is 0 Å². The normalized spacial score (nSPS) is 13.7. The molecule has 19 heteroatoms. The first-order valence-corrected chi connectivity index (χ1v) is 48.3. The van der Waals surface area contributed by atoms with Crippen LogP contribution in [0.4, 0.5) is 0 Å². The molecule has 0 radical (unpaired) electrons. The molecule has 0 aliphatic heterocycles. The highest BCUT2D eigenvalue weighted by atomic mass is 31.2. The summed E-state index contributed by atoms with van der Waals surface area (Å²) in [5.41, 5.74) is 0. The number of aliphatic hydroxyl groups excluding tert-OH is 1. The average Bonchev–Trinajstić information content (AvgIpc) is 0.901. The number of rotatable bonds is 88. The van der Waals surface area contributed by atoms with Crippen LogP contribution in [0.3, 0.4) is 0 Å². The van der Waals surface area contributed by atoms with E-state index in [9.17, 15) is 43.2 Å². The zero-order valence-corrected chi connectivity index (χ0v) is 71.2. The fourth-order valence-electron chi connectivity index (χ4n) is 13.7. The predicted molar refractivity (Wildman–Crippen MR) is 437 cm³/mol. The first kappa shape index (κ1) is 104. The van der Waals surface area contributed by atoms with E-state index >= 15 is 0 Å². The number of carbonyl (C=O) groups is 4. The van der Waals surface area contributed by atoms with Crippen molar-refractivity contribution in [3.05, 3.63) is 0 Å². The fourth-order valence-corrected chi connectivity index (χ4v) is 15.3. The smallest absolute Gasteiger partial charge is 0.462 e. The second-order valence-electron chi connectivity index (χ2n) is 31.3. The van der Waals surface area contributed by atoms with Gasteiger partial charge in [-0.2, -0.15) is 0 Å². The van der Waals surface area contributed by atoms with Crippen LogP contribution in [0.1, 0.15) is 477 Å². The summed E-state index contributed by atoms with van der Waals surface area (Å²) < 4.78 is 68.9. The van der Waals surface area contributed by atoms with E-state index in [4.69, 9.17) is 37.0 Å². The molecular formula is C87H170O17P2. The highest BCUT2D eigenvalue weighted by Crippen LogP contribution is 2.45. The maximum atomic E-state index is 13.1. The SMILES string of the molecule is CCCCCCCCCCCCCCCCCCCCCC(=O)OC[C@H](COP(=O)(O)OC[C@@H](O)COP(=O)(O)OC[C@@H](COC(=O)CCCCCCCCCCC)OC(=O)CCCCCCCCCCCCCCCCCCCCC)OC(=O)CCCCCCCCCCCCCCCCCCCCC. The minimum Gasteiger partial charge on any atom is -0.462 e. The minimum absolute atomic E-state index is 0.109. The largest absolute Gasteiger partial charge is 0.472 e. The van der Waals surface area contributed by atoms with E-state index in [1.807, 2.05) is 0 Å². The number of hydrogen-bond donors (Lipinski definition) is 3. The maximum Gasteiger partial charge on any atom is 0.472 e. The molecule has 17 nitrogen and oxygen atoms in total. The Bertz CT molecular complexity index is 2000. The van der Waals surface area contributed by atoms with Gasteiger partial charge in [-0.15, -0.1) is 0 Å². The summed E-state index contributed by atoms with van der Waals surface area (Å²) in [6, 6.07) is 0. The Labute approximate surface area is 651 Å². The van der Waals surface area contributed by atoms with E-state index in [1.54, 1.807) is 0 Å². The summed E-state index contributed by atoms with van der Waals surface area (Å²) in [4.78, 5) is 73.2. The highest BCUT2D eigenvalue weighted by Gasteiger charge is 2.30. The summed E-state index contributed by atoms with van der Waals surface area (Å²) in [5, 5.41) is 10.7. The van der Waals surface area contributed by atoms with Crippen LogP contribution in [-0.2, 0) is 65.4 Å². The van der Waals surface area contributed by atoms with Crippen molar-refractivity contribution in [2.75, 3.05) is 39.6 Å². The quantitative estimate of drug-likeness (QED) is 0.0222. The number of phosphoric ester groups is 2. The van der Waals surface area contributed by atoms with Gasteiger partial charge in [0.2, 0.25) is 0 Å².